The molecule has 38 heavy (non-hydrogen) atoms. The molecular weight excluding hydrogens is 568 g/mol. The molecule has 204 valence electrons. The van der Waals surface area contributed by atoms with Gasteiger partial charge in [0, 0.05) is 10.9 Å². The van der Waals surface area contributed by atoms with Gasteiger partial charge in [-0.15, -0.1) is 0 Å². The molecule has 0 radical (unpaired) electrons. The van der Waals surface area contributed by atoms with E-state index in [2.05, 4.69) is 15.9 Å². The van der Waals surface area contributed by atoms with E-state index >= 15 is 0 Å². The number of nitrogens with zero attached hydrogens (tertiary/aromatic N) is 2. The monoisotopic (exact) mass is 596 g/mol. The highest BCUT2D eigenvalue weighted by atomic mass is 79.9. The molecule has 0 aromatic heterocycles. The van der Waals surface area contributed by atoms with E-state index in [1.165, 1.54) is 32.0 Å². The molecule has 0 saturated heterocycles. The van der Waals surface area contributed by atoms with Gasteiger partial charge in [-0.3, -0.25) is 9.59 Å². The number of hydrogen-bond acceptors (Lipinski definition) is 4. The van der Waals surface area contributed by atoms with Crippen molar-refractivity contribution in [1.82, 2.24) is 4.90 Å². The Morgan fingerprint density at radius 1 is 1.11 bits per heavy atom. The fourth-order valence-corrected chi connectivity index (χ4v) is 5.06. The predicted octanol–water partition coefficient (Wildman–Crippen LogP) is 5.66. The molecule has 1 aliphatic carbocycles. The van der Waals surface area contributed by atoms with Crippen LogP contribution < -0.4 is 11.5 Å². The maximum atomic E-state index is 14.6. The lowest BCUT2D eigenvalue weighted by atomic mass is 9.94. The predicted molar refractivity (Wildman–Crippen MR) is 138 cm³/mol. The number of hydrogen-bond donors (Lipinski definition) is 2. The minimum atomic E-state index is -4.94. The molecule has 0 bridgehead atoms. The number of alkyl halides is 4. The van der Waals surface area contributed by atoms with E-state index in [-0.39, 0.29) is 18.4 Å². The second-order valence-corrected chi connectivity index (χ2v) is 11.2. The van der Waals surface area contributed by atoms with E-state index in [1.54, 1.807) is 31.2 Å². The normalized spacial score (nSPS) is 17.2. The van der Waals surface area contributed by atoms with E-state index in [4.69, 9.17) is 11.5 Å². The van der Waals surface area contributed by atoms with Crippen molar-refractivity contribution in [3.05, 3.63) is 58.1 Å². The molecular formula is C27H29BrF4N4O2. The number of rotatable bonds is 9. The summed E-state index contributed by atoms with van der Waals surface area (Å²) < 4.78 is 58.3. The standard InChI is InChI=1S/C27H29BrF4N4O2/c1-15(23(35)37)16-4-6-17(7-5-16)19-9-8-18(12-20(19)28)22(27(30,31)32)36(26(14-33)10-11-26)24(38)21(34)13-25(2,3)29/h4-9,12,15,21-22H,10-11,13,34H2,1-3H3,(H2,35,37)/t15-,21-,22-/m0/s1. The summed E-state index contributed by atoms with van der Waals surface area (Å²) in [5.74, 6) is -2.12. The number of halogens is 5. The van der Waals surface area contributed by atoms with Gasteiger partial charge in [0.15, 0.2) is 6.04 Å². The Balaban J connectivity index is 2.04. The number of primary amides is 1. The lowest BCUT2D eigenvalue weighted by molar-refractivity contribution is -0.198. The van der Waals surface area contributed by atoms with Crippen LogP contribution in [0, 0.1) is 11.3 Å². The summed E-state index contributed by atoms with van der Waals surface area (Å²) in [5, 5.41) is 9.73. The molecule has 1 fully saturated rings. The van der Waals surface area contributed by atoms with Crippen LogP contribution in [0.2, 0.25) is 0 Å². The van der Waals surface area contributed by atoms with E-state index in [9.17, 15) is 32.4 Å². The van der Waals surface area contributed by atoms with Crippen LogP contribution in [-0.4, -0.2) is 40.1 Å². The van der Waals surface area contributed by atoms with E-state index in [1.807, 2.05) is 6.07 Å². The molecule has 2 aromatic carbocycles. The van der Waals surface area contributed by atoms with Gasteiger partial charge in [-0.2, -0.15) is 18.4 Å². The Morgan fingerprint density at radius 3 is 2.08 bits per heavy atom. The molecule has 0 spiro atoms. The summed E-state index contributed by atoms with van der Waals surface area (Å²) >= 11 is 3.34. The number of carbonyl (C=O) groups is 2. The van der Waals surface area contributed by atoms with Crippen molar-refractivity contribution in [2.45, 2.75) is 75.4 Å². The summed E-state index contributed by atoms with van der Waals surface area (Å²) in [7, 11) is 0. The number of amides is 2. The molecule has 0 aliphatic heterocycles. The molecule has 3 atom stereocenters. The van der Waals surface area contributed by atoms with Crippen molar-refractivity contribution in [2.75, 3.05) is 0 Å². The maximum Gasteiger partial charge on any atom is 0.413 e. The van der Waals surface area contributed by atoms with Crippen molar-refractivity contribution >= 4 is 27.7 Å². The summed E-state index contributed by atoms with van der Waals surface area (Å²) in [4.78, 5) is 25.2. The Kier molecular flexibility index (Phi) is 8.29. The fourth-order valence-electron chi connectivity index (χ4n) is 4.43. The van der Waals surface area contributed by atoms with Crippen LogP contribution in [0.15, 0.2) is 46.9 Å². The largest absolute Gasteiger partial charge is 0.413 e. The topological polar surface area (TPSA) is 113 Å². The molecule has 6 nitrogen and oxygen atoms in total. The molecule has 2 aromatic rings. The van der Waals surface area contributed by atoms with Crippen molar-refractivity contribution in [3.8, 4) is 17.2 Å². The minimum Gasteiger partial charge on any atom is -0.369 e. The van der Waals surface area contributed by atoms with Crippen LogP contribution in [0.5, 0.6) is 0 Å². The van der Waals surface area contributed by atoms with Crippen molar-refractivity contribution < 1.29 is 27.2 Å². The highest BCUT2D eigenvalue weighted by Gasteiger charge is 2.60. The molecule has 3 rings (SSSR count). The maximum absolute atomic E-state index is 14.6. The summed E-state index contributed by atoms with van der Waals surface area (Å²) in [5.41, 5.74) is 9.32. The zero-order valence-electron chi connectivity index (χ0n) is 21.2. The Bertz CT molecular complexity index is 1250. The lowest BCUT2D eigenvalue weighted by Crippen LogP contribution is -2.55. The molecule has 4 N–H and O–H groups in total. The summed E-state index contributed by atoms with van der Waals surface area (Å²) in [6, 6.07) is 8.67. The van der Waals surface area contributed by atoms with Gasteiger partial charge < -0.3 is 16.4 Å². The zero-order valence-corrected chi connectivity index (χ0v) is 22.7. The average Bonchev–Trinajstić information content (AvgIpc) is 3.60. The van der Waals surface area contributed by atoms with Crippen LogP contribution in [0.25, 0.3) is 11.1 Å². The number of nitrogens with two attached hydrogens (primary N) is 2. The molecule has 0 unspecified atom stereocenters. The third kappa shape index (κ3) is 6.35. The molecule has 0 heterocycles. The Morgan fingerprint density at radius 2 is 1.66 bits per heavy atom. The summed E-state index contributed by atoms with van der Waals surface area (Å²) in [6.07, 6.45) is -5.33. The zero-order chi connectivity index (χ0) is 28.6. The minimum absolute atomic E-state index is 0.0584. The lowest BCUT2D eigenvalue weighted by Gasteiger charge is -2.38. The van der Waals surface area contributed by atoms with Crippen molar-refractivity contribution in [1.29, 1.82) is 5.26 Å². The molecule has 1 saturated carbocycles. The molecule has 11 heteroatoms. The average molecular weight is 597 g/mol. The van der Waals surface area contributed by atoms with Gasteiger partial charge in [-0.1, -0.05) is 52.3 Å². The van der Waals surface area contributed by atoms with Crippen molar-refractivity contribution in [2.24, 2.45) is 11.5 Å². The van der Waals surface area contributed by atoms with E-state index in [0.717, 1.165) is 0 Å². The van der Waals surface area contributed by atoms with Crippen LogP contribution in [-0.2, 0) is 9.59 Å². The van der Waals surface area contributed by atoms with Gasteiger partial charge >= 0.3 is 6.18 Å². The highest BCUT2D eigenvalue weighted by molar-refractivity contribution is 9.10. The molecule has 1 aliphatic rings. The van der Waals surface area contributed by atoms with E-state index < -0.39 is 53.6 Å². The second kappa shape index (κ2) is 10.7. The van der Waals surface area contributed by atoms with Crippen LogP contribution >= 0.6 is 15.9 Å². The Labute approximate surface area is 227 Å². The quantitative estimate of drug-likeness (QED) is 0.364. The summed E-state index contributed by atoms with van der Waals surface area (Å²) in [6.45, 7) is 4.03. The van der Waals surface area contributed by atoms with E-state index in [0.29, 0.717) is 26.1 Å². The third-order valence-electron chi connectivity index (χ3n) is 6.68. The first kappa shape index (κ1) is 29.6. The van der Waals surface area contributed by atoms with Crippen LogP contribution in [0.3, 0.4) is 0 Å². The smallest absolute Gasteiger partial charge is 0.369 e. The van der Waals surface area contributed by atoms with Crippen LogP contribution in [0.4, 0.5) is 17.6 Å². The van der Waals surface area contributed by atoms with Crippen LogP contribution in [0.1, 0.15) is 63.1 Å². The number of nitriles is 1. The SMILES string of the molecule is C[C@H](C(N)=O)c1ccc(-c2ccc([C@H](N(C(=O)[C@@H](N)CC(C)(C)F)C3(C#N)CC3)C(F)(F)F)cc2Br)cc1. The fraction of sp³-hybridized carbons (Fsp3) is 0.444. The van der Waals surface area contributed by atoms with Gasteiger partial charge in [0.05, 0.1) is 18.0 Å². The number of benzene rings is 2. The second-order valence-electron chi connectivity index (χ2n) is 10.3. The van der Waals surface area contributed by atoms with Crippen molar-refractivity contribution in [3.63, 3.8) is 0 Å². The van der Waals surface area contributed by atoms with Gasteiger partial charge in [-0.05, 0) is 61.9 Å². The molecule has 2 amide bonds. The van der Waals surface area contributed by atoms with Gasteiger partial charge in [0.1, 0.15) is 11.2 Å². The Hall–Kier alpha value is -2.97. The third-order valence-corrected chi connectivity index (χ3v) is 7.33. The van der Waals surface area contributed by atoms with Gasteiger partial charge in [0.25, 0.3) is 0 Å². The first-order valence-corrected chi connectivity index (χ1v) is 12.7. The van der Waals surface area contributed by atoms with Gasteiger partial charge in [0.2, 0.25) is 11.8 Å². The number of carbonyl (C=O) groups excluding carboxylic acids is 2. The van der Waals surface area contributed by atoms with Gasteiger partial charge in [-0.25, -0.2) is 4.39 Å². The first-order valence-electron chi connectivity index (χ1n) is 12.0. The highest BCUT2D eigenvalue weighted by Crippen LogP contribution is 2.51. The first-order chi connectivity index (χ1) is 17.5.